The van der Waals surface area contributed by atoms with Crippen molar-refractivity contribution in [1.29, 1.82) is 0 Å². The number of furan rings is 1. The summed E-state index contributed by atoms with van der Waals surface area (Å²) < 4.78 is 11.5. The molecule has 0 saturated carbocycles. The van der Waals surface area contributed by atoms with Gasteiger partial charge in [0.05, 0.1) is 25.3 Å². The van der Waals surface area contributed by atoms with Gasteiger partial charge in [0, 0.05) is 26.2 Å². The van der Waals surface area contributed by atoms with Gasteiger partial charge in [-0.25, -0.2) is 4.99 Å². The van der Waals surface area contributed by atoms with Crippen molar-refractivity contribution in [2.75, 3.05) is 26.2 Å². The molecule has 3 rings (SSSR count). The topological polar surface area (TPSA) is 82.3 Å². The largest absolute Gasteiger partial charge is 0.463 e. The average molecular weight is 443 g/mol. The molecule has 3 unspecified atom stereocenters. The summed E-state index contributed by atoms with van der Waals surface area (Å²) in [5, 5.41) is 17.3. The van der Waals surface area contributed by atoms with Gasteiger partial charge in [-0.1, -0.05) is 24.3 Å². The number of ether oxygens (including phenoxy) is 1. The summed E-state index contributed by atoms with van der Waals surface area (Å²) in [7, 11) is 0. The molecule has 1 aromatic carbocycles. The number of nitrogens with one attached hydrogen (secondary N) is 2. The Hall–Kier alpha value is -2.35. The van der Waals surface area contributed by atoms with Gasteiger partial charge in [-0.15, -0.1) is 0 Å². The molecule has 1 aliphatic heterocycles. The van der Waals surface area contributed by atoms with Gasteiger partial charge in [-0.3, -0.25) is 4.90 Å². The zero-order valence-electron chi connectivity index (χ0n) is 20.0. The van der Waals surface area contributed by atoms with Crippen molar-refractivity contribution in [3.05, 3.63) is 59.0 Å². The van der Waals surface area contributed by atoms with E-state index in [1.807, 2.05) is 26.0 Å². The molecule has 0 spiro atoms. The lowest BCUT2D eigenvalue weighted by atomic mass is 10.0. The highest BCUT2D eigenvalue weighted by atomic mass is 16.5. The fourth-order valence-corrected chi connectivity index (χ4v) is 4.09. The van der Waals surface area contributed by atoms with Crippen LogP contribution < -0.4 is 10.6 Å². The second-order valence-corrected chi connectivity index (χ2v) is 8.95. The monoisotopic (exact) mass is 442 g/mol. The van der Waals surface area contributed by atoms with E-state index in [1.165, 1.54) is 11.1 Å². The van der Waals surface area contributed by atoms with Gasteiger partial charge < -0.3 is 24.9 Å². The zero-order valence-corrected chi connectivity index (χ0v) is 20.0. The third-order valence-corrected chi connectivity index (χ3v) is 5.63. The molecular weight excluding hydrogens is 404 g/mol. The Bertz CT molecular complexity index is 883. The lowest BCUT2D eigenvalue weighted by Gasteiger charge is -2.35. The minimum Gasteiger partial charge on any atom is -0.463 e. The highest BCUT2D eigenvalue weighted by Crippen LogP contribution is 2.22. The summed E-state index contributed by atoms with van der Waals surface area (Å²) in [6.45, 7) is 14.2. The number of morpholine rings is 1. The maximum absolute atomic E-state index is 10.8. The van der Waals surface area contributed by atoms with Crippen molar-refractivity contribution in [3.63, 3.8) is 0 Å². The van der Waals surface area contributed by atoms with Gasteiger partial charge in [0.1, 0.15) is 17.1 Å². The van der Waals surface area contributed by atoms with E-state index in [4.69, 9.17) is 14.1 Å². The molecule has 1 fully saturated rings. The summed E-state index contributed by atoms with van der Waals surface area (Å²) >= 11 is 0. The maximum Gasteiger partial charge on any atom is 0.191 e. The van der Waals surface area contributed by atoms with Gasteiger partial charge in [0.2, 0.25) is 0 Å². The van der Waals surface area contributed by atoms with E-state index in [1.54, 1.807) is 6.92 Å². The number of hydrogen-bond donors (Lipinski definition) is 3. The van der Waals surface area contributed by atoms with Crippen LogP contribution in [0.25, 0.3) is 0 Å². The van der Waals surface area contributed by atoms with Crippen LogP contribution in [0.5, 0.6) is 0 Å². The third-order valence-electron chi connectivity index (χ3n) is 5.63. The van der Waals surface area contributed by atoms with Crippen LogP contribution >= 0.6 is 0 Å². The molecule has 0 amide bonds. The summed E-state index contributed by atoms with van der Waals surface area (Å²) in [6, 6.07) is 12.1. The number of nitrogens with zero attached hydrogens (tertiary/aromatic N) is 2. The smallest absolute Gasteiger partial charge is 0.191 e. The Morgan fingerprint density at radius 3 is 2.44 bits per heavy atom. The van der Waals surface area contributed by atoms with E-state index < -0.39 is 5.60 Å². The fraction of sp³-hybridized carbons (Fsp3) is 0.560. The number of aliphatic imine (C=N–C) groups is 1. The van der Waals surface area contributed by atoms with Crippen LogP contribution in [0, 0.1) is 6.92 Å². The Labute approximate surface area is 191 Å². The highest BCUT2D eigenvalue weighted by molar-refractivity contribution is 5.79. The van der Waals surface area contributed by atoms with E-state index in [-0.39, 0.29) is 18.8 Å². The van der Waals surface area contributed by atoms with Crippen molar-refractivity contribution < 1.29 is 14.3 Å². The van der Waals surface area contributed by atoms with Gasteiger partial charge >= 0.3 is 0 Å². The first-order valence-corrected chi connectivity index (χ1v) is 11.5. The normalized spacial score (nSPS) is 21.9. The molecule has 7 heteroatoms. The molecule has 1 saturated heterocycles. The molecule has 1 aromatic heterocycles. The molecule has 0 aliphatic carbocycles. The van der Waals surface area contributed by atoms with E-state index in [0.29, 0.717) is 18.3 Å². The van der Waals surface area contributed by atoms with Gasteiger partial charge in [-0.2, -0.15) is 0 Å². The molecule has 3 atom stereocenters. The first kappa shape index (κ1) is 24.3. The molecule has 2 heterocycles. The van der Waals surface area contributed by atoms with Gasteiger partial charge in [0.15, 0.2) is 5.96 Å². The zero-order chi connectivity index (χ0) is 23.1. The predicted octanol–water partition coefficient (Wildman–Crippen LogP) is 3.16. The van der Waals surface area contributed by atoms with Crippen molar-refractivity contribution in [1.82, 2.24) is 15.5 Å². The van der Waals surface area contributed by atoms with Crippen LogP contribution in [0.2, 0.25) is 0 Å². The number of aryl methyl sites for hydroxylation is 1. The van der Waals surface area contributed by atoms with Crippen LogP contribution in [0.1, 0.15) is 50.3 Å². The van der Waals surface area contributed by atoms with Crippen molar-refractivity contribution in [2.24, 2.45) is 4.99 Å². The molecule has 2 aromatic rings. The Balaban J connectivity index is 1.66. The first-order chi connectivity index (χ1) is 15.3. The second-order valence-electron chi connectivity index (χ2n) is 8.95. The van der Waals surface area contributed by atoms with Crippen LogP contribution in [-0.4, -0.2) is 54.4 Å². The highest BCUT2D eigenvalue weighted by Gasteiger charge is 2.27. The third kappa shape index (κ3) is 6.82. The van der Waals surface area contributed by atoms with Gasteiger partial charge in [0.25, 0.3) is 0 Å². The molecule has 0 bridgehead atoms. The quantitative estimate of drug-likeness (QED) is 0.430. The lowest BCUT2D eigenvalue weighted by molar-refractivity contribution is -0.0705. The molecular formula is C25H38N4O3. The van der Waals surface area contributed by atoms with E-state index in [2.05, 4.69) is 53.6 Å². The summed E-state index contributed by atoms with van der Waals surface area (Å²) in [5.41, 5.74) is 1.35. The number of guanidine groups is 1. The van der Waals surface area contributed by atoms with Gasteiger partial charge in [-0.05, 0) is 57.9 Å². The second kappa shape index (κ2) is 11.0. The minimum absolute atomic E-state index is 0.249. The van der Waals surface area contributed by atoms with Crippen molar-refractivity contribution in [2.45, 2.75) is 65.5 Å². The number of rotatable bonds is 8. The molecule has 0 radical (unpaired) electrons. The molecule has 3 N–H and O–H groups in total. The Morgan fingerprint density at radius 2 is 1.81 bits per heavy atom. The van der Waals surface area contributed by atoms with Crippen LogP contribution in [0.4, 0.5) is 0 Å². The SMILES string of the molecule is CCNC(=NCc1ccccc1CN1CC(C)OC(C)C1)NCC(C)(O)c1ccc(C)o1. The van der Waals surface area contributed by atoms with Crippen molar-refractivity contribution >= 4 is 5.96 Å². The van der Waals surface area contributed by atoms with Crippen LogP contribution in [0.3, 0.4) is 0 Å². The number of aliphatic hydroxyl groups is 1. The first-order valence-electron chi connectivity index (χ1n) is 11.5. The van der Waals surface area contributed by atoms with Crippen LogP contribution in [-0.2, 0) is 23.4 Å². The van der Waals surface area contributed by atoms with E-state index in [0.717, 1.165) is 31.9 Å². The van der Waals surface area contributed by atoms with E-state index >= 15 is 0 Å². The average Bonchev–Trinajstić information content (AvgIpc) is 3.18. The summed E-state index contributed by atoms with van der Waals surface area (Å²) in [5.74, 6) is 1.98. The lowest BCUT2D eigenvalue weighted by Crippen LogP contribution is -2.45. The van der Waals surface area contributed by atoms with E-state index in [9.17, 15) is 5.11 Å². The number of hydrogen-bond acceptors (Lipinski definition) is 5. The standard InChI is InChI=1S/C25H38N4O3/c1-6-26-24(28-17-25(5,30)23-12-11-18(2)32-23)27-13-21-9-7-8-10-22(21)16-29-14-19(3)31-20(4)15-29/h7-12,19-20,30H,6,13-17H2,1-5H3,(H2,26,27,28). The Morgan fingerprint density at radius 1 is 1.12 bits per heavy atom. The Kier molecular flexibility index (Phi) is 8.34. The molecule has 1 aliphatic rings. The summed E-state index contributed by atoms with van der Waals surface area (Å²) in [6.07, 6.45) is 0.499. The maximum atomic E-state index is 10.8. The fourth-order valence-electron chi connectivity index (χ4n) is 4.09. The molecule has 7 nitrogen and oxygen atoms in total. The predicted molar refractivity (Wildman–Crippen MR) is 128 cm³/mol. The molecule has 32 heavy (non-hydrogen) atoms. The van der Waals surface area contributed by atoms with Crippen molar-refractivity contribution in [3.8, 4) is 0 Å². The molecule has 176 valence electrons. The number of benzene rings is 1. The van der Waals surface area contributed by atoms with Crippen LogP contribution in [0.15, 0.2) is 45.8 Å². The summed E-state index contributed by atoms with van der Waals surface area (Å²) in [4.78, 5) is 7.23. The minimum atomic E-state index is -1.13.